The fraction of sp³-hybridized carbons (Fsp3) is 0.562. The number of hydrogen-bond donors (Lipinski definition) is 2. The number of carbonyl (C=O) groups is 1. The van der Waals surface area contributed by atoms with Crippen molar-refractivity contribution >= 4 is 11.7 Å². The van der Waals surface area contributed by atoms with Crippen molar-refractivity contribution < 1.29 is 14.1 Å². The van der Waals surface area contributed by atoms with Gasteiger partial charge in [-0.2, -0.15) is 4.98 Å². The second-order valence-electron chi connectivity index (χ2n) is 6.34. The van der Waals surface area contributed by atoms with Crippen LogP contribution < -0.4 is 11.1 Å². The Balaban J connectivity index is 1.85. The van der Waals surface area contributed by atoms with Crippen LogP contribution in [0.4, 0.5) is 5.82 Å². The number of ether oxygens (including phenoxy) is 1. The molecule has 2 aromatic rings. The molecule has 0 spiro atoms. The molecule has 1 atom stereocenters. The third-order valence-electron chi connectivity index (χ3n) is 4.21. The average Bonchev–Trinajstić information content (AvgIpc) is 3.11. The Hall–Kier alpha value is -2.55. The minimum atomic E-state index is -0.419. The largest absolute Gasteiger partial charge is 0.382 e. The first-order valence-corrected chi connectivity index (χ1v) is 8.35. The van der Waals surface area contributed by atoms with Crippen LogP contribution in [0.25, 0.3) is 0 Å². The molecule has 9 nitrogen and oxygen atoms in total. The Labute approximate surface area is 145 Å². The van der Waals surface area contributed by atoms with Gasteiger partial charge in [0.25, 0.3) is 5.91 Å². The van der Waals surface area contributed by atoms with Crippen molar-refractivity contribution in [2.45, 2.75) is 38.6 Å². The van der Waals surface area contributed by atoms with Gasteiger partial charge in [0.15, 0.2) is 17.3 Å². The number of amides is 1. The molecule has 0 saturated carbocycles. The van der Waals surface area contributed by atoms with Crippen LogP contribution in [0.15, 0.2) is 16.9 Å². The lowest BCUT2D eigenvalue weighted by atomic mass is 9.91. The lowest BCUT2D eigenvalue weighted by molar-refractivity contribution is 0.0467. The number of rotatable bonds is 5. The number of nitrogens with one attached hydrogen (secondary N) is 1. The molecule has 1 aliphatic rings. The van der Waals surface area contributed by atoms with Crippen LogP contribution in [-0.2, 0) is 4.74 Å². The van der Waals surface area contributed by atoms with E-state index in [0.717, 1.165) is 12.8 Å². The number of nitrogens with two attached hydrogens (primary N) is 1. The van der Waals surface area contributed by atoms with E-state index < -0.39 is 11.9 Å². The molecule has 25 heavy (non-hydrogen) atoms. The van der Waals surface area contributed by atoms with E-state index in [0.29, 0.717) is 24.9 Å². The number of aromatic nitrogens is 4. The first-order valence-electron chi connectivity index (χ1n) is 8.35. The molecule has 3 heterocycles. The van der Waals surface area contributed by atoms with Crippen molar-refractivity contribution in [1.29, 1.82) is 0 Å². The highest BCUT2D eigenvalue weighted by Crippen LogP contribution is 2.30. The molecule has 1 saturated heterocycles. The summed E-state index contributed by atoms with van der Waals surface area (Å²) in [5, 5.41) is 6.95. The van der Waals surface area contributed by atoms with Crippen molar-refractivity contribution in [3.63, 3.8) is 0 Å². The van der Waals surface area contributed by atoms with E-state index >= 15 is 0 Å². The summed E-state index contributed by atoms with van der Waals surface area (Å²) in [7, 11) is 0. The van der Waals surface area contributed by atoms with E-state index in [-0.39, 0.29) is 23.3 Å². The fourth-order valence-corrected chi connectivity index (χ4v) is 2.77. The molecule has 1 amide bonds. The van der Waals surface area contributed by atoms with Gasteiger partial charge in [0, 0.05) is 31.5 Å². The Morgan fingerprint density at radius 2 is 2.00 bits per heavy atom. The minimum absolute atomic E-state index is 0.0825. The van der Waals surface area contributed by atoms with Crippen molar-refractivity contribution in [1.82, 2.24) is 25.4 Å². The molecule has 0 aromatic carbocycles. The monoisotopic (exact) mass is 346 g/mol. The Kier molecular flexibility index (Phi) is 5.22. The SMILES string of the molecule is CC(C)c1noc(C(NC(=O)c2nccnc2N)C2CCOCC2)n1. The molecule has 0 bridgehead atoms. The van der Waals surface area contributed by atoms with Crippen LogP contribution in [0.5, 0.6) is 0 Å². The number of hydrogen-bond acceptors (Lipinski definition) is 8. The van der Waals surface area contributed by atoms with Gasteiger partial charge >= 0.3 is 0 Å². The highest BCUT2D eigenvalue weighted by molar-refractivity contribution is 5.96. The number of anilines is 1. The predicted molar refractivity (Wildman–Crippen MR) is 88.6 cm³/mol. The predicted octanol–water partition coefficient (Wildman–Crippen LogP) is 1.46. The molecule has 1 unspecified atom stereocenters. The van der Waals surface area contributed by atoms with E-state index in [1.807, 2.05) is 13.8 Å². The van der Waals surface area contributed by atoms with Crippen LogP contribution >= 0.6 is 0 Å². The normalized spacial score (nSPS) is 16.8. The van der Waals surface area contributed by atoms with Crippen LogP contribution in [0, 0.1) is 5.92 Å². The van der Waals surface area contributed by atoms with Gasteiger partial charge in [-0.3, -0.25) is 4.79 Å². The van der Waals surface area contributed by atoms with Gasteiger partial charge in [-0.15, -0.1) is 0 Å². The van der Waals surface area contributed by atoms with E-state index in [1.165, 1.54) is 12.4 Å². The summed E-state index contributed by atoms with van der Waals surface area (Å²) in [5.41, 5.74) is 5.84. The van der Waals surface area contributed by atoms with Crippen molar-refractivity contribution in [3.05, 3.63) is 29.8 Å². The zero-order valence-electron chi connectivity index (χ0n) is 14.3. The third kappa shape index (κ3) is 3.93. The molecule has 3 rings (SSSR count). The van der Waals surface area contributed by atoms with Gasteiger partial charge in [-0.25, -0.2) is 9.97 Å². The molecule has 9 heteroatoms. The van der Waals surface area contributed by atoms with Crippen LogP contribution in [0.1, 0.15) is 60.9 Å². The zero-order valence-corrected chi connectivity index (χ0v) is 14.3. The first kappa shape index (κ1) is 17.3. The number of nitrogen functional groups attached to an aromatic ring is 1. The summed E-state index contributed by atoms with van der Waals surface area (Å²) in [4.78, 5) is 25.0. The van der Waals surface area contributed by atoms with Gasteiger partial charge in [0.2, 0.25) is 5.89 Å². The van der Waals surface area contributed by atoms with Crippen LogP contribution in [-0.4, -0.2) is 39.2 Å². The highest BCUT2D eigenvalue weighted by atomic mass is 16.5. The second kappa shape index (κ2) is 7.56. The van der Waals surface area contributed by atoms with Gasteiger partial charge in [-0.05, 0) is 18.8 Å². The summed E-state index contributed by atoms with van der Waals surface area (Å²) in [6.45, 7) is 5.23. The molecule has 134 valence electrons. The molecule has 0 radical (unpaired) electrons. The molecular formula is C16H22N6O3. The molecule has 3 N–H and O–H groups in total. The van der Waals surface area contributed by atoms with Crippen LogP contribution in [0.3, 0.4) is 0 Å². The van der Waals surface area contributed by atoms with E-state index in [9.17, 15) is 4.79 Å². The van der Waals surface area contributed by atoms with Crippen LogP contribution in [0.2, 0.25) is 0 Å². The lowest BCUT2D eigenvalue weighted by Crippen LogP contribution is -2.37. The summed E-state index contributed by atoms with van der Waals surface area (Å²) < 4.78 is 10.8. The van der Waals surface area contributed by atoms with Gasteiger partial charge in [-0.1, -0.05) is 19.0 Å². The summed E-state index contributed by atoms with van der Waals surface area (Å²) in [6, 6.07) is -0.419. The first-order chi connectivity index (χ1) is 12.1. The summed E-state index contributed by atoms with van der Waals surface area (Å²) in [5.74, 6) is 0.951. The van der Waals surface area contributed by atoms with Crippen molar-refractivity contribution in [2.75, 3.05) is 18.9 Å². The summed E-state index contributed by atoms with van der Waals surface area (Å²) in [6.07, 6.45) is 4.45. The standard InChI is InChI=1S/C16H22N6O3/c1-9(2)14-21-16(25-22-14)11(10-3-7-24-8-4-10)20-15(23)12-13(17)19-6-5-18-12/h5-6,9-11H,3-4,7-8H2,1-2H3,(H2,17,19)(H,20,23). The van der Waals surface area contributed by atoms with Crippen molar-refractivity contribution in [3.8, 4) is 0 Å². The van der Waals surface area contributed by atoms with Crippen molar-refractivity contribution in [2.24, 2.45) is 5.92 Å². The maximum absolute atomic E-state index is 12.6. The molecule has 1 fully saturated rings. The average molecular weight is 346 g/mol. The minimum Gasteiger partial charge on any atom is -0.382 e. The maximum Gasteiger partial charge on any atom is 0.274 e. The van der Waals surface area contributed by atoms with E-state index in [1.54, 1.807) is 0 Å². The highest BCUT2D eigenvalue weighted by Gasteiger charge is 2.32. The quantitative estimate of drug-likeness (QED) is 0.832. The van der Waals surface area contributed by atoms with Gasteiger partial charge < -0.3 is 20.3 Å². The van der Waals surface area contributed by atoms with Gasteiger partial charge in [0.1, 0.15) is 6.04 Å². The third-order valence-corrected chi connectivity index (χ3v) is 4.21. The second-order valence-corrected chi connectivity index (χ2v) is 6.34. The maximum atomic E-state index is 12.6. The van der Waals surface area contributed by atoms with Gasteiger partial charge in [0.05, 0.1) is 0 Å². The molecular weight excluding hydrogens is 324 g/mol. The smallest absolute Gasteiger partial charge is 0.274 e. The fourth-order valence-electron chi connectivity index (χ4n) is 2.77. The Bertz CT molecular complexity index is 726. The number of nitrogens with zero attached hydrogens (tertiary/aromatic N) is 4. The molecule has 1 aliphatic heterocycles. The molecule has 2 aromatic heterocycles. The number of carbonyl (C=O) groups excluding carboxylic acids is 1. The molecule has 0 aliphatic carbocycles. The Morgan fingerprint density at radius 3 is 2.64 bits per heavy atom. The van der Waals surface area contributed by atoms with E-state index in [4.69, 9.17) is 15.0 Å². The lowest BCUT2D eigenvalue weighted by Gasteiger charge is -2.28. The zero-order chi connectivity index (χ0) is 17.8. The topological polar surface area (TPSA) is 129 Å². The summed E-state index contributed by atoms with van der Waals surface area (Å²) >= 11 is 0. The Morgan fingerprint density at radius 1 is 1.28 bits per heavy atom. The van der Waals surface area contributed by atoms with E-state index in [2.05, 4.69) is 25.4 Å².